The predicted molar refractivity (Wildman–Crippen MR) is 117 cm³/mol. The molecule has 8 heteroatoms. The molecule has 2 aromatic carbocycles. The Morgan fingerprint density at radius 3 is 2.53 bits per heavy atom. The molecule has 0 aliphatic heterocycles. The molecule has 3 rings (SSSR count). The van der Waals surface area contributed by atoms with Gasteiger partial charge >= 0.3 is 0 Å². The second kappa shape index (κ2) is 9.94. The summed E-state index contributed by atoms with van der Waals surface area (Å²) in [7, 11) is 3.50. The Hall–Kier alpha value is -3.31. The van der Waals surface area contributed by atoms with E-state index in [2.05, 4.69) is 16.3 Å². The first-order valence-electron chi connectivity index (χ1n) is 9.49. The zero-order valence-corrected chi connectivity index (χ0v) is 18.0. The Morgan fingerprint density at radius 2 is 1.90 bits per heavy atom. The van der Waals surface area contributed by atoms with E-state index in [1.807, 2.05) is 73.1 Å². The fraction of sp³-hybridized carbons (Fsp3) is 0.273. The molecule has 0 aliphatic rings. The van der Waals surface area contributed by atoms with E-state index >= 15 is 0 Å². The summed E-state index contributed by atoms with van der Waals surface area (Å²) in [6.07, 6.45) is 0.267. The first-order valence-corrected chi connectivity index (χ1v) is 10.4. The third-order valence-corrected chi connectivity index (χ3v) is 5.72. The number of thioether (sulfide) groups is 1. The van der Waals surface area contributed by atoms with E-state index in [0.29, 0.717) is 17.5 Å². The van der Waals surface area contributed by atoms with Gasteiger partial charge in [-0.1, -0.05) is 30.0 Å². The van der Waals surface area contributed by atoms with E-state index in [0.717, 1.165) is 17.0 Å². The van der Waals surface area contributed by atoms with E-state index in [1.54, 1.807) is 12.0 Å². The summed E-state index contributed by atoms with van der Waals surface area (Å²) in [5.74, 6) is 1.41. The highest BCUT2D eigenvalue weighted by atomic mass is 32.2. The second-order valence-corrected chi connectivity index (χ2v) is 7.90. The summed E-state index contributed by atoms with van der Waals surface area (Å²) >= 11 is 1.35. The maximum atomic E-state index is 13.1. The third-order valence-electron chi connectivity index (χ3n) is 4.59. The number of benzene rings is 2. The van der Waals surface area contributed by atoms with Gasteiger partial charge in [-0.25, -0.2) is 0 Å². The molecule has 0 bridgehead atoms. The fourth-order valence-electron chi connectivity index (χ4n) is 2.97. The van der Waals surface area contributed by atoms with Crippen molar-refractivity contribution in [2.24, 2.45) is 7.05 Å². The summed E-state index contributed by atoms with van der Waals surface area (Å²) in [4.78, 5) is 14.8. The first kappa shape index (κ1) is 21.4. The molecule has 0 fully saturated rings. The number of hydrogen-bond donors (Lipinski definition) is 0. The topological polar surface area (TPSA) is 84.0 Å². The number of rotatable bonds is 8. The minimum Gasteiger partial charge on any atom is -0.497 e. The van der Waals surface area contributed by atoms with Gasteiger partial charge in [-0.2, -0.15) is 5.26 Å². The minimum atomic E-state index is -0.393. The van der Waals surface area contributed by atoms with Crippen LogP contribution in [0.15, 0.2) is 59.8 Å². The number of aromatic nitrogens is 3. The molecular formula is C22H23N5O2S. The number of nitrogens with zero attached hydrogens (tertiary/aromatic N) is 5. The molecule has 0 saturated heterocycles. The molecule has 0 radical (unpaired) electrons. The number of hydrogen-bond acceptors (Lipinski definition) is 6. The van der Waals surface area contributed by atoms with Gasteiger partial charge in [0.25, 0.3) is 0 Å². The van der Waals surface area contributed by atoms with Gasteiger partial charge in [-0.05, 0) is 43.3 Å². The number of para-hydroxylation sites is 1. The Balaban J connectivity index is 1.77. The molecule has 0 spiro atoms. The Morgan fingerprint density at radius 1 is 1.20 bits per heavy atom. The zero-order valence-electron chi connectivity index (χ0n) is 17.1. The van der Waals surface area contributed by atoms with Crippen LogP contribution in [0.3, 0.4) is 0 Å². The van der Waals surface area contributed by atoms with Crippen molar-refractivity contribution in [1.29, 1.82) is 5.26 Å². The van der Waals surface area contributed by atoms with Crippen LogP contribution < -0.4 is 9.64 Å². The van der Waals surface area contributed by atoms with Crippen molar-refractivity contribution in [2.75, 3.05) is 18.6 Å². The number of ether oxygens (including phenoxy) is 1. The van der Waals surface area contributed by atoms with Gasteiger partial charge in [0.05, 0.1) is 24.8 Å². The normalized spacial score (nSPS) is 11.5. The molecule has 1 unspecified atom stereocenters. The van der Waals surface area contributed by atoms with Gasteiger partial charge in [-0.15, -0.1) is 10.2 Å². The molecule has 1 heterocycles. The number of anilines is 1. The SMILES string of the molecule is COc1ccc(-c2nnc(SC(C)C(=O)N(CCC#N)c3ccccc3)n2C)cc1. The predicted octanol–water partition coefficient (Wildman–Crippen LogP) is 3.92. The summed E-state index contributed by atoms with van der Waals surface area (Å²) in [6.45, 7) is 2.19. The molecule has 3 aromatic rings. The summed E-state index contributed by atoms with van der Waals surface area (Å²) in [6, 6.07) is 19.1. The summed E-state index contributed by atoms with van der Waals surface area (Å²) < 4.78 is 7.07. The van der Waals surface area contributed by atoms with E-state index in [-0.39, 0.29) is 12.3 Å². The molecule has 1 amide bonds. The lowest BCUT2D eigenvalue weighted by Gasteiger charge is -2.24. The van der Waals surface area contributed by atoms with Gasteiger partial charge < -0.3 is 14.2 Å². The number of amides is 1. The number of nitriles is 1. The average molecular weight is 422 g/mol. The van der Waals surface area contributed by atoms with Crippen molar-refractivity contribution in [2.45, 2.75) is 23.8 Å². The molecular weight excluding hydrogens is 398 g/mol. The monoisotopic (exact) mass is 421 g/mol. The molecule has 7 nitrogen and oxygen atoms in total. The van der Waals surface area contributed by atoms with Gasteiger partial charge in [-0.3, -0.25) is 4.79 Å². The van der Waals surface area contributed by atoms with Gasteiger partial charge in [0.2, 0.25) is 5.91 Å². The van der Waals surface area contributed by atoms with Crippen molar-refractivity contribution in [3.8, 4) is 23.2 Å². The largest absolute Gasteiger partial charge is 0.497 e. The highest BCUT2D eigenvalue weighted by Crippen LogP contribution is 2.28. The van der Waals surface area contributed by atoms with E-state index < -0.39 is 5.25 Å². The maximum absolute atomic E-state index is 13.1. The van der Waals surface area contributed by atoms with Gasteiger partial charge in [0, 0.05) is 24.8 Å². The van der Waals surface area contributed by atoms with Crippen molar-refractivity contribution in [1.82, 2.24) is 14.8 Å². The van der Waals surface area contributed by atoms with Crippen LogP contribution in [-0.2, 0) is 11.8 Å². The highest BCUT2D eigenvalue weighted by Gasteiger charge is 2.25. The van der Waals surface area contributed by atoms with Crippen molar-refractivity contribution in [3.63, 3.8) is 0 Å². The lowest BCUT2D eigenvalue weighted by atomic mass is 10.2. The van der Waals surface area contributed by atoms with Crippen LogP contribution in [-0.4, -0.2) is 39.6 Å². The maximum Gasteiger partial charge on any atom is 0.240 e. The first-order chi connectivity index (χ1) is 14.5. The van der Waals surface area contributed by atoms with E-state index in [1.165, 1.54) is 11.8 Å². The molecule has 1 aromatic heterocycles. The standard InChI is InChI=1S/C22H23N5O2S/c1-16(21(28)27(15-7-14-23)18-8-5-4-6-9-18)30-22-25-24-20(26(22)2)17-10-12-19(29-3)13-11-17/h4-6,8-13,16H,7,15H2,1-3H3. The summed E-state index contributed by atoms with van der Waals surface area (Å²) in [5, 5.41) is 17.8. The van der Waals surface area contributed by atoms with Gasteiger partial charge in [0.15, 0.2) is 11.0 Å². The molecule has 0 N–H and O–H groups in total. The van der Waals surface area contributed by atoms with Crippen LogP contribution in [0.4, 0.5) is 5.69 Å². The lowest BCUT2D eigenvalue weighted by molar-refractivity contribution is -0.117. The molecule has 0 saturated carbocycles. The number of methoxy groups -OCH3 is 1. The quantitative estimate of drug-likeness (QED) is 0.513. The Kier molecular flexibility index (Phi) is 7.09. The average Bonchev–Trinajstić information content (AvgIpc) is 3.14. The lowest BCUT2D eigenvalue weighted by Crippen LogP contribution is -2.37. The summed E-state index contributed by atoms with van der Waals surface area (Å²) in [5.41, 5.74) is 1.69. The van der Waals surface area contributed by atoms with Crippen LogP contribution in [0.1, 0.15) is 13.3 Å². The minimum absolute atomic E-state index is 0.0737. The third kappa shape index (κ3) is 4.81. The van der Waals surface area contributed by atoms with E-state index in [9.17, 15) is 4.79 Å². The molecule has 30 heavy (non-hydrogen) atoms. The van der Waals surface area contributed by atoms with Gasteiger partial charge in [0.1, 0.15) is 5.75 Å². The smallest absolute Gasteiger partial charge is 0.240 e. The molecule has 0 aliphatic carbocycles. The zero-order chi connectivity index (χ0) is 21.5. The highest BCUT2D eigenvalue weighted by molar-refractivity contribution is 8.00. The van der Waals surface area contributed by atoms with Crippen molar-refractivity contribution in [3.05, 3.63) is 54.6 Å². The van der Waals surface area contributed by atoms with Crippen LogP contribution in [0.2, 0.25) is 0 Å². The van der Waals surface area contributed by atoms with Crippen molar-refractivity contribution >= 4 is 23.4 Å². The fourth-order valence-corrected chi connectivity index (χ4v) is 3.85. The van der Waals surface area contributed by atoms with Crippen LogP contribution in [0, 0.1) is 11.3 Å². The van der Waals surface area contributed by atoms with Crippen LogP contribution in [0.25, 0.3) is 11.4 Å². The number of carbonyl (C=O) groups is 1. The molecule has 1 atom stereocenters. The Labute approximate surface area is 180 Å². The molecule has 154 valence electrons. The number of carbonyl (C=O) groups excluding carboxylic acids is 1. The van der Waals surface area contributed by atoms with Crippen LogP contribution in [0.5, 0.6) is 5.75 Å². The Bertz CT molecular complexity index is 1030. The second-order valence-electron chi connectivity index (χ2n) is 6.59. The van der Waals surface area contributed by atoms with E-state index in [4.69, 9.17) is 10.00 Å². The van der Waals surface area contributed by atoms with Crippen LogP contribution >= 0.6 is 11.8 Å². The van der Waals surface area contributed by atoms with Crippen molar-refractivity contribution < 1.29 is 9.53 Å².